The lowest BCUT2D eigenvalue weighted by atomic mass is 9.92. The molecule has 5 heteroatoms. The van der Waals surface area contributed by atoms with E-state index in [4.69, 9.17) is 0 Å². The lowest BCUT2D eigenvalue weighted by Gasteiger charge is -2.37. The number of nitrogens with zero attached hydrogens (tertiary/aromatic N) is 2. The van der Waals surface area contributed by atoms with Crippen molar-refractivity contribution in [3.63, 3.8) is 0 Å². The average molecular weight is 333 g/mol. The summed E-state index contributed by atoms with van der Waals surface area (Å²) < 4.78 is 25.4. The Morgan fingerprint density at radius 2 is 1.36 bits per heavy atom. The minimum atomic E-state index is -2.97. The van der Waals surface area contributed by atoms with Crippen molar-refractivity contribution in [2.24, 2.45) is 11.8 Å². The molecule has 0 aromatic carbocycles. The van der Waals surface area contributed by atoms with Gasteiger partial charge in [-0.05, 0) is 57.5 Å². The zero-order chi connectivity index (χ0) is 16.6. The van der Waals surface area contributed by atoms with Crippen LogP contribution >= 0.6 is 0 Å². The second kappa shape index (κ2) is 9.89. The maximum absolute atomic E-state index is 11.8. The second-order valence-corrected chi connectivity index (χ2v) is 8.65. The summed E-state index contributed by atoms with van der Waals surface area (Å²) >= 11 is 0. The molecule has 2 heterocycles. The van der Waals surface area contributed by atoms with Crippen LogP contribution in [0.1, 0.15) is 59.8 Å². The molecule has 0 aromatic rings. The molecule has 0 saturated carbocycles. The minimum absolute atomic E-state index is 0.238. The van der Waals surface area contributed by atoms with Gasteiger partial charge >= 0.3 is 0 Å². The van der Waals surface area contributed by atoms with E-state index in [9.17, 15) is 8.42 Å². The Morgan fingerprint density at radius 3 is 1.82 bits per heavy atom. The van der Waals surface area contributed by atoms with Crippen molar-refractivity contribution in [1.82, 2.24) is 9.21 Å². The Kier molecular flexibility index (Phi) is 8.95. The molecule has 132 valence electrons. The van der Waals surface area contributed by atoms with Crippen LogP contribution in [0.4, 0.5) is 0 Å². The highest BCUT2D eigenvalue weighted by Gasteiger charge is 2.28. The number of likely N-dealkylation sites (tertiary alicyclic amines) is 1. The number of piperidine rings is 2. The fourth-order valence-corrected chi connectivity index (χ4v) is 4.63. The quantitative estimate of drug-likeness (QED) is 0.776. The molecule has 2 saturated heterocycles. The predicted octanol–water partition coefficient (Wildman–Crippen LogP) is 3.20. The van der Waals surface area contributed by atoms with E-state index in [0.717, 1.165) is 31.8 Å². The van der Waals surface area contributed by atoms with Crippen LogP contribution in [0.2, 0.25) is 0 Å². The van der Waals surface area contributed by atoms with Crippen molar-refractivity contribution < 1.29 is 8.42 Å². The summed E-state index contributed by atoms with van der Waals surface area (Å²) in [4.78, 5) is 2.60. The highest BCUT2D eigenvalue weighted by molar-refractivity contribution is 7.89. The van der Waals surface area contributed by atoms with Crippen LogP contribution in [0.15, 0.2) is 0 Å². The fraction of sp³-hybridized carbons (Fsp3) is 1.00. The van der Waals surface area contributed by atoms with Gasteiger partial charge in [-0.1, -0.05) is 27.2 Å². The van der Waals surface area contributed by atoms with Gasteiger partial charge in [0.1, 0.15) is 0 Å². The molecule has 0 unspecified atom stereocenters. The molecular formula is C17H36N2O2S. The van der Waals surface area contributed by atoms with Crippen LogP contribution in [-0.2, 0) is 10.0 Å². The van der Waals surface area contributed by atoms with E-state index in [0.29, 0.717) is 5.92 Å². The average Bonchev–Trinajstić information content (AvgIpc) is 2.58. The number of rotatable bonds is 5. The maximum atomic E-state index is 11.8. The predicted molar refractivity (Wildman–Crippen MR) is 94.6 cm³/mol. The van der Waals surface area contributed by atoms with Gasteiger partial charge in [0.05, 0.1) is 5.75 Å². The summed E-state index contributed by atoms with van der Waals surface area (Å²) in [5, 5.41) is 0. The van der Waals surface area contributed by atoms with Crippen molar-refractivity contribution in [3.8, 4) is 0 Å². The van der Waals surface area contributed by atoms with Crippen molar-refractivity contribution >= 4 is 10.0 Å². The first-order chi connectivity index (χ1) is 10.5. The van der Waals surface area contributed by atoms with Gasteiger partial charge in [-0.3, -0.25) is 0 Å². The number of hydrogen-bond acceptors (Lipinski definition) is 3. The molecular weight excluding hydrogens is 296 g/mol. The van der Waals surface area contributed by atoms with Gasteiger partial charge in [-0.25, -0.2) is 12.7 Å². The summed E-state index contributed by atoms with van der Waals surface area (Å²) in [5.41, 5.74) is 0. The largest absolute Gasteiger partial charge is 0.303 e. The van der Waals surface area contributed by atoms with Crippen LogP contribution in [0, 0.1) is 11.8 Å². The van der Waals surface area contributed by atoms with E-state index in [1.165, 1.54) is 38.9 Å². The van der Waals surface area contributed by atoms with Crippen molar-refractivity contribution in [1.29, 1.82) is 0 Å². The van der Waals surface area contributed by atoms with Crippen LogP contribution < -0.4 is 0 Å². The lowest BCUT2D eigenvalue weighted by Crippen LogP contribution is -2.43. The SMILES string of the molecule is CC.CCC1CCN(CC2CCN(S(=O)(=O)CC)CC2)CC1. The fourth-order valence-electron chi connectivity index (χ4n) is 3.50. The van der Waals surface area contributed by atoms with E-state index in [1.54, 1.807) is 11.2 Å². The van der Waals surface area contributed by atoms with Crippen LogP contribution in [0.25, 0.3) is 0 Å². The molecule has 0 atom stereocenters. The smallest absolute Gasteiger partial charge is 0.213 e. The van der Waals surface area contributed by atoms with E-state index in [1.807, 2.05) is 13.8 Å². The third-order valence-electron chi connectivity index (χ3n) is 5.13. The lowest BCUT2D eigenvalue weighted by molar-refractivity contribution is 0.136. The van der Waals surface area contributed by atoms with Gasteiger partial charge in [-0.2, -0.15) is 0 Å². The zero-order valence-electron chi connectivity index (χ0n) is 15.1. The first-order valence-electron chi connectivity index (χ1n) is 9.25. The molecule has 0 bridgehead atoms. The first-order valence-corrected chi connectivity index (χ1v) is 10.9. The molecule has 22 heavy (non-hydrogen) atoms. The van der Waals surface area contributed by atoms with E-state index in [2.05, 4.69) is 11.8 Å². The highest BCUT2D eigenvalue weighted by Crippen LogP contribution is 2.24. The van der Waals surface area contributed by atoms with Gasteiger partial charge in [0.25, 0.3) is 0 Å². The molecule has 0 amide bonds. The Bertz CT molecular complexity index is 381. The van der Waals surface area contributed by atoms with Gasteiger partial charge in [-0.15, -0.1) is 0 Å². The standard InChI is InChI=1S/C15H30N2O2S.C2H6/c1-3-14-5-9-16(10-6-14)13-15-7-11-17(12-8-15)20(18,19)4-2;1-2/h14-15H,3-13H2,1-2H3;1-2H3. The maximum Gasteiger partial charge on any atom is 0.213 e. The monoisotopic (exact) mass is 332 g/mol. The zero-order valence-corrected chi connectivity index (χ0v) is 15.9. The summed E-state index contributed by atoms with van der Waals surface area (Å²) in [6.07, 6.45) is 6.08. The molecule has 2 aliphatic rings. The van der Waals surface area contributed by atoms with Crippen molar-refractivity contribution in [2.75, 3.05) is 38.5 Å². The molecule has 0 spiro atoms. The molecule has 2 fully saturated rings. The summed E-state index contributed by atoms with van der Waals surface area (Å²) in [6.45, 7) is 13.1. The summed E-state index contributed by atoms with van der Waals surface area (Å²) in [7, 11) is -2.97. The van der Waals surface area contributed by atoms with Crippen LogP contribution in [0.3, 0.4) is 0 Å². The van der Waals surface area contributed by atoms with Gasteiger partial charge in [0.2, 0.25) is 10.0 Å². The van der Waals surface area contributed by atoms with Crippen molar-refractivity contribution in [2.45, 2.75) is 59.8 Å². The molecule has 0 aromatic heterocycles. The highest BCUT2D eigenvalue weighted by atomic mass is 32.2. The topological polar surface area (TPSA) is 40.6 Å². The number of hydrogen-bond donors (Lipinski definition) is 0. The molecule has 0 aliphatic carbocycles. The number of sulfonamides is 1. The van der Waals surface area contributed by atoms with E-state index >= 15 is 0 Å². The Balaban J connectivity index is 0.00000116. The van der Waals surface area contributed by atoms with Crippen LogP contribution in [-0.4, -0.2) is 56.1 Å². The normalized spacial score (nSPS) is 23.1. The second-order valence-electron chi connectivity index (χ2n) is 6.40. The first kappa shape index (κ1) is 19.9. The van der Waals surface area contributed by atoms with Gasteiger partial charge < -0.3 is 4.90 Å². The molecule has 2 rings (SSSR count). The molecule has 0 N–H and O–H groups in total. The van der Waals surface area contributed by atoms with E-state index in [-0.39, 0.29) is 5.75 Å². The Labute approximate surface area is 138 Å². The Hall–Kier alpha value is -0.130. The third-order valence-corrected chi connectivity index (χ3v) is 7.01. The third kappa shape index (κ3) is 5.82. The van der Waals surface area contributed by atoms with E-state index < -0.39 is 10.0 Å². The van der Waals surface area contributed by atoms with Crippen LogP contribution in [0.5, 0.6) is 0 Å². The summed E-state index contributed by atoms with van der Waals surface area (Å²) in [6, 6.07) is 0. The Morgan fingerprint density at radius 1 is 0.864 bits per heavy atom. The minimum Gasteiger partial charge on any atom is -0.303 e. The van der Waals surface area contributed by atoms with Gasteiger partial charge in [0, 0.05) is 19.6 Å². The van der Waals surface area contributed by atoms with Gasteiger partial charge in [0.15, 0.2) is 0 Å². The molecule has 0 radical (unpaired) electrons. The molecule has 4 nitrogen and oxygen atoms in total. The van der Waals surface area contributed by atoms with Crippen molar-refractivity contribution in [3.05, 3.63) is 0 Å². The molecule has 2 aliphatic heterocycles. The summed E-state index contributed by atoms with van der Waals surface area (Å²) in [5.74, 6) is 1.86.